The van der Waals surface area contributed by atoms with Gasteiger partial charge in [-0.3, -0.25) is 4.72 Å². The highest BCUT2D eigenvalue weighted by atomic mass is 32.2. The van der Waals surface area contributed by atoms with Gasteiger partial charge in [0, 0.05) is 14.1 Å². The number of nitrogens with one attached hydrogen (secondary N) is 1. The second kappa shape index (κ2) is 6.75. The Bertz CT molecular complexity index is 848. The number of ether oxygens (including phenoxy) is 1. The molecule has 0 spiro atoms. The lowest BCUT2D eigenvalue weighted by molar-refractivity contribution is 0.0697. The molecule has 1 aromatic carbocycles. The van der Waals surface area contributed by atoms with E-state index in [1.165, 1.54) is 48.5 Å². The monoisotopic (exact) mass is 351 g/mol. The topological polar surface area (TPSA) is 109 Å². The summed E-state index contributed by atoms with van der Waals surface area (Å²) in [5, 5.41) is 9.25. The van der Waals surface area contributed by atoms with E-state index < -0.39 is 16.0 Å². The molecule has 0 amide bonds. The number of anilines is 2. The number of rotatable bonds is 6. The lowest BCUT2D eigenvalue weighted by atomic mass is 10.2. The van der Waals surface area contributed by atoms with Gasteiger partial charge in [-0.2, -0.15) is 0 Å². The zero-order chi connectivity index (χ0) is 17.9. The Kier molecular flexibility index (Phi) is 4.93. The third kappa shape index (κ3) is 3.74. The molecule has 8 nitrogen and oxygen atoms in total. The van der Waals surface area contributed by atoms with Gasteiger partial charge < -0.3 is 14.7 Å². The fourth-order valence-corrected chi connectivity index (χ4v) is 3.03. The van der Waals surface area contributed by atoms with Gasteiger partial charge in [0.15, 0.2) is 0 Å². The summed E-state index contributed by atoms with van der Waals surface area (Å²) in [5.41, 5.74) is -0.0382. The van der Waals surface area contributed by atoms with Gasteiger partial charge in [-0.1, -0.05) is 0 Å². The minimum Gasteiger partial charge on any atom is -0.497 e. The van der Waals surface area contributed by atoms with Crippen LogP contribution in [0, 0.1) is 0 Å². The summed E-state index contributed by atoms with van der Waals surface area (Å²) in [6, 6.07) is 7.04. The molecule has 128 valence electrons. The predicted molar refractivity (Wildman–Crippen MR) is 89.3 cm³/mol. The largest absolute Gasteiger partial charge is 0.497 e. The van der Waals surface area contributed by atoms with E-state index in [-0.39, 0.29) is 22.0 Å². The molecule has 2 aromatic rings. The van der Waals surface area contributed by atoms with Crippen LogP contribution in [-0.2, 0) is 10.0 Å². The highest BCUT2D eigenvalue weighted by molar-refractivity contribution is 7.92. The molecule has 0 radical (unpaired) electrons. The fraction of sp³-hybridized carbons (Fsp3) is 0.200. The first kappa shape index (κ1) is 17.5. The summed E-state index contributed by atoms with van der Waals surface area (Å²) in [7, 11) is 0.911. The maximum atomic E-state index is 12.4. The number of hydrogen-bond acceptors (Lipinski definition) is 6. The number of benzene rings is 1. The molecule has 0 aliphatic rings. The molecular formula is C15H17N3O5S. The zero-order valence-corrected chi connectivity index (χ0v) is 14.2. The number of hydrogen-bond donors (Lipinski definition) is 2. The van der Waals surface area contributed by atoms with Crippen LogP contribution in [0.1, 0.15) is 10.4 Å². The van der Waals surface area contributed by atoms with Crippen molar-refractivity contribution in [1.29, 1.82) is 0 Å². The lowest BCUT2D eigenvalue weighted by Crippen LogP contribution is -2.18. The quantitative estimate of drug-likeness (QED) is 0.814. The van der Waals surface area contributed by atoms with Crippen LogP contribution in [0.2, 0.25) is 0 Å². The first-order valence-corrected chi connectivity index (χ1v) is 8.30. The van der Waals surface area contributed by atoms with E-state index in [4.69, 9.17) is 4.74 Å². The molecule has 0 unspecified atom stereocenters. The van der Waals surface area contributed by atoms with Gasteiger partial charge in [0.05, 0.1) is 23.9 Å². The van der Waals surface area contributed by atoms with Crippen LogP contribution in [0.3, 0.4) is 0 Å². The smallest absolute Gasteiger partial charge is 0.339 e. The predicted octanol–water partition coefficient (Wildman–Crippen LogP) is 1.66. The van der Waals surface area contributed by atoms with Crippen LogP contribution >= 0.6 is 0 Å². The van der Waals surface area contributed by atoms with Gasteiger partial charge >= 0.3 is 5.97 Å². The van der Waals surface area contributed by atoms with Crippen molar-refractivity contribution in [2.75, 3.05) is 30.8 Å². The zero-order valence-electron chi connectivity index (χ0n) is 13.3. The number of pyridine rings is 1. The van der Waals surface area contributed by atoms with E-state index in [1.807, 2.05) is 0 Å². The van der Waals surface area contributed by atoms with Gasteiger partial charge in [0.25, 0.3) is 10.0 Å². The van der Waals surface area contributed by atoms with Crippen molar-refractivity contribution in [2.24, 2.45) is 0 Å². The first-order valence-electron chi connectivity index (χ1n) is 6.82. The van der Waals surface area contributed by atoms with Crippen molar-refractivity contribution in [3.63, 3.8) is 0 Å². The number of methoxy groups -OCH3 is 1. The van der Waals surface area contributed by atoms with E-state index in [0.29, 0.717) is 5.75 Å². The van der Waals surface area contributed by atoms with Crippen LogP contribution in [0.25, 0.3) is 0 Å². The average molecular weight is 351 g/mol. The molecule has 2 rings (SSSR count). The molecule has 24 heavy (non-hydrogen) atoms. The number of sulfonamides is 1. The van der Waals surface area contributed by atoms with Crippen LogP contribution in [0.15, 0.2) is 41.4 Å². The summed E-state index contributed by atoms with van der Waals surface area (Å²) in [4.78, 5) is 16.9. The van der Waals surface area contributed by atoms with E-state index >= 15 is 0 Å². The SMILES string of the molecule is COc1ccc(S(=O)(=O)Nc2cnc(N(C)C)c(C(=O)O)c2)cc1. The number of aromatic carboxylic acids is 1. The highest BCUT2D eigenvalue weighted by Crippen LogP contribution is 2.23. The maximum absolute atomic E-state index is 12.4. The van der Waals surface area contributed by atoms with Gasteiger partial charge in [-0.25, -0.2) is 18.2 Å². The normalized spacial score (nSPS) is 11.0. The molecule has 0 saturated heterocycles. The van der Waals surface area contributed by atoms with E-state index in [2.05, 4.69) is 9.71 Å². The lowest BCUT2D eigenvalue weighted by Gasteiger charge is -2.15. The second-order valence-electron chi connectivity index (χ2n) is 5.08. The van der Waals surface area contributed by atoms with Crippen LogP contribution in [-0.4, -0.2) is 45.7 Å². The van der Waals surface area contributed by atoms with Crippen molar-refractivity contribution >= 4 is 27.5 Å². The Morgan fingerprint density at radius 1 is 1.25 bits per heavy atom. The number of carbonyl (C=O) groups is 1. The minimum absolute atomic E-state index is 0.0249. The summed E-state index contributed by atoms with van der Waals surface area (Å²) >= 11 is 0. The standard InChI is InChI=1S/C15H17N3O5S/c1-18(2)14-13(15(19)20)8-10(9-16-14)17-24(21,22)12-6-4-11(23-3)5-7-12/h4-9,17H,1-3H3,(H,19,20). The molecule has 0 saturated carbocycles. The Labute approximate surface area is 139 Å². The molecule has 9 heteroatoms. The number of aromatic nitrogens is 1. The molecule has 1 heterocycles. The fourth-order valence-electron chi connectivity index (χ4n) is 2.00. The van der Waals surface area contributed by atoms with E-state index in [0.717, 1.165) is 0 Å². The summed E-state index contributed by atoms with van der Waals surface area (Å²) in [6.07, 6.45) is 1.27. The third-order valence-electron chi connectivity index (χ3n) is 3.14. The van der Waals surface area contributed by atoms with Crippen LogP contribution < -0.4 is 14.4 Å². The third-order valence-corrected chi connectivity index (χ3v) is 4.54. The Morgan fingerprint density at radius 2 is 1.88 bits per heavy atom. The number of carboxylic acids is 1. The maximum Gasteiger partial charge on any atom is 0.339 e. The molecule has 0 aliphatic heterocycles. The van der Waals surface area contributed by atoms with E-state index in [1.54, 1.807) is 14.1 Å². The number of carboxylic acid groups (broad SMARTS) is 1. The highest BCUT2D eigenvalue weighted by Gasteiger charge is 2.18. The van der Waals surface area contributed by atoms with Gasteiger partial charge in [-0.15, -0.1) is 0 Å². The molecule has 0 bridgehead atoms. The molecular weight excluding hydrogens is 334 g/mol. The first-order chi connectivity index (χ1) is 11.2. The summed E-state index contributed by atoms with van der Waals surface area (Å²) < 4.78 is 32.0. The Hall–Kier alpha value is -2.81. The van der Waals surface area contributed by atoms with Crippen molar-refractivity contribution in [2.45, 2.75) is 4.90 Å². The summed E-state index contributed by atoms with van der Waals surface area (Å²) in [5.74, 6) is -0.439. The average Bonchev–Trinajstić information content (AvgIpc) is 2.54. The van der Waals surface area contributed by atoms with E-state index in [9.17, 15) is 18.3 Å². The molecule has 1 aromatic heterocycles. The van der Waals surface area contributed by atoms with Crippen LogP contribution in [0.4, 0.5) is 11.5 Å². The van der Waals surface area contributed by atoms with Gasteiger partial charge in [-0.05, 0) is 30.3 Å². The summed E-state index contributed by atoms with van der Waals surface area (Å²) in [6.45, 7) is 0. The Morgan fingerprint density at radius 3 is 2.38 bits per heavy atom. The molecule has 0 fully saturated rings. The van der Waals surface area contributed by atoms with Gasteiger partial charge in [0.2, 0.25) is 0 Å². The van der Waals surface area contributed by atoms with Gasteiger partial charge in [0.1, 0.15) is 17.1 Å². The van der Waals surface area contributed by atoms with Crippen LogP contribution in [0.5, 0.6) is 5.75 Å². The Balaban J connectivity index is 2.35. The van der Waals surface area contributed by atoms with Crippen molar-refractivity contribution < 1.29 is 23.1 Å². The molecule has 0 aliphatic carbocycles. The van der Waals surface area contributed by atoms with Crippen molar-refractivity contribution in [1.82, 2.24) is 4.98 Å². The molecule has 2 N–H and O–H groups in total. The van der Waals surface area contributed by atoms with Crippen molar-refractivity contribution in [3.05, 3.63) is 42.1 Å². The van der Waals surface area contributed by atoms with Crippen molar-refractivity contribution in [3.8, 4) is 5.75 Å². The molecule has 0 atom stereocenters. The second-order valence-corrected chi connectivity index (χ2v) is 6.76. The number of nitrogens with zero attached hydrogens (tertiary/aromatic N) is 2. The minimum atomic E-state index is -3.87.